The molecule has 1 spiro atoms. The van der Waals surface area contributed by atoms with Gasteiger partial charge >= 0.3 is 6.09 Å². The van der Waals surface area contributed by atoms with E-state index in [-0.39, 0.29) is 6.09 Å². The highest BCUT2D eigenvalue weighted by Crippen LogP contribution is 2.36. The van der Waals surface area contributed by atoms with Crippen LogP contribution in [0.25, 0.3) is 0 Å². The number of nitrogens with one attached hydrogen (secondary N) is 1. The SMILES string of the molecule is O=C1NCCC2(CCCCC2O)O1. The zero-order valence-electron chi connectivity index (χ0n) is 7.58. The number of aliphatic hydroxyl groups is 1. The molecule has 2 N–H and O–H groups in total. The van der Waals surface area contributed by atoms with Crippen LogP contribution in [-0.2, 0) is 4.74 Å². The molecule has 1 heterocycles. The molecule has 0 radical (unpaired) electrons. The molecule has 0 aromatic carbocycles. The smallest absolute Gasteiger partial charge is 0.407 e. The largest absolute Gasteiger partial charge is 0.440 e. The Morgan fingerprint density at radius 1 is 1.46 bits per heavy atom. The van der Waals surface area contributed by atoms with Crippen LogP contribution in [0.5, 0.6) is 0 Å². The number of alkyl carbamates (subject to hydrolysis) is 1. The second-order valence-corrected chi connectivity index (χ2v) is 3.89. The van der Waals surface area contributed by atoms with Gasteiger partial charge in [0.2, 0.25) is 0 Å². The molecule has 2 aliphatic rings. The Kier molecular flexibility index (Phi) is 2.15. The van der Waals surface area contributed by atoms with E-state index in [0.717, 1.165) is 32.1 Å². The quantitative estimate of drug-likeness (QED) is 0.586. The summed E-state index contributed by atoms with van der Waals surface area (Å²) < 4.78 is 5.23. The molecule has 0 aromatic rings. The van der Waals surface area contributed by atoms with Gasteiger partial charge in [-0.3, -0.25) is 0 Å². The molecule has 74 valence electrons. The van der Waals surface area contributed by atoms with Crippen LogP contribution < -0.4 is 5.32 Å². The third kappa shape index (κ3) is 1.50. The third-order valence-electron chi connectivity index (χ3n) is 3.05. The average molecular weight is 185 g/mol. The molecule has 2 fully saturated rings. The van der Waals surface area contributed by atoms with Gasteiger partial charge in [0.15, 0.2) is 0 Å². The lowest BCUT2D eigenvalue weighted by molar-refractivity contribution is -0.118. The van der Waals surface area contributed by atoms with Gasteiger partial charge in [-0.25, -0.2) is 4.79 Å². The van der Waals surface area contributed by atoms with E-state index in [1.54, 1.807) is 0 Å². The normalized spacial score (nSPS) is 39.8. The Hall–Kier alpha value is -0.770. The van der Waals surface area contributed by atoms with Gasteiger partial charge in [0.1, 0.15) is 5.60 Å². The van der Waals surface area contributed by atoms with Crippen molar-refractivity contribution < 1.29 is 14.6 Å². The van der Waals surface area contributed by atoms with E-state index in [4.69, 9.17) is 4.74 Å². The van der Waals surface area contributed by atoms with E-state index in [0.29, 0.717) is 6.54 Å². The molecule has 1 saturated carbocycles. The van der Waals surface area contributed by atoms with Gasteiger partial charge in [0.25, 0.3) is 0 Å². The molecule has 2 unspecified atom stereocenters. The van der Waals surface area contributed by atoms with Crippen molar-refractivity contribution in [2.75, 3.05) is 6.54 Å². The zero-order chi connectivity index (χ0) is 9.31. The first-order valence-electron chi connectivity index (χ1n) is 4.88. The van der Waals surface area contributed by atoms with Crippen molar-refractivity contribution in [3.05, 3.63) is 0 Å². The summed E-state index contributed by atoms with van der Waals surface area (Å²) in [6.45, 7) is 0.621. The first kappa shape index (κ1) is 8.81. The second kappa shape index (κ2) is 3.18. The van der Waals surface area contributed by atoms with Gasteiger partial charge < -0.3 is 15.2 Å². The summed E-state index contributed by atoms with van der Waals surface area (Å²) in [7, 11) is 0. The maximum absolute atomic E-state index is 11.0. The summed E-state index contributed by atoms with van der Waals surface area (Å²) in [5, 5.41) is 12.4. The van der Waals surface area contributed by atoms with Crippen LogP contribution in [0.15, 0.2) is 0 Å². The fourth-order valence-corrected chi connectivity index (χ4v) is 2.25. The minimum Gasteiger partial charge on any atom is -0.440 e. The zero-order valence-corrected chi connectivity index (χ0v) is 7.58. The molecule has 1 aliphatic carbocycles. The Bertz CT molecular complexity index is 215. The van der Waals surface area contributed by atoms with Crippen molar-refractivity contribution in [1.82, 2.24) is 5.32 Å². The van der Waals surface area contributed by atoms with E-state index >= 15 is 0 Å². The predicted molar refractivity (Wildman–Crippen MR) is 46.3 cm³/mol. The van der Waals surface area contributed by atoms with E-state index in [9.17, 15) is 9.90 Å². The molecule has 13 heavy (non-hydrogen) atoms. The monoisotopic (exact) mass is 185 g/mol. The van der Waals surface area contributed by atoms with Gasteiger partial charge in [-0.05, 0) is 19.3 Å². The summed E-state index contributed by atoms with van der Waals surface area (Å²) in [6, 6.07) is 0. The van der Waals surface area contributed by atoms with Gasteiger partial charge in [0.05, 0.1) is 6.10 Å². The second-order valence-electron chi connectivity index (χ2n) is 3.89. The summed E-state index contributed by atoms with van der Waals surface area (Å²) in [6.07, 6.45) is 3.53. The Morgan fingerprint density at radius 3 is 3.00 bits per heavy atom. The lowest BCUT2D eigenvalue weighted by atomic mass is 9.79. The molecule has 1 aliphatic heterocycles. The topological polar surface area (TPSA) is 58.6 Å². The van der Waals surface area contributed by atoms with Gasteiger partial charge in [-0.1, -0.05) is 6.42 Å². The molecule has 0 aromatic heterocycles. The van der Waals surface area contributed by atoms with Crippen LogP contribution in [0.1, 0.15) is 32.1 Å². The predicted octanol–water partition coefficient (Wildman–Crippen LogP) is 0.790. The Morgan fingerprint density at radius 2 is 2.31 bits per heavy atom. The van der Waals surface area contributed by atoms with Crippen molar-refractivity contribution in [2.45, 2.75) is 43.8 Å². The van der Waals surface area contributed by atoms with Crippen molar-refractivity contribution >= 4 is 6.09 Å². The van der Waals surface area contributed by atoms with Crippen LogP contribution >= 0.6 is 0 Å². The van der Waals surface area contributed by atoms with Gasteiger partial charge in [-0.15, -0.1) is 0 Å². The minimum absolute atomic E-state index is 0.382. The molecule has 0 bridgehead atoms. The van der Waals surface area contributed by atoms with Crippen LogP contribution in [0.4, 0.5) is 4.79 Å². The van der Waals surface area contributed by atoms with E-state index in [1.807, 2.05) is 0 Å². The maximum Gasteiger partial charge on any atom is 0.407 e. The average Bonchev–Trinajstić information content (AvgIpc) is 2.11. The Labute approximate surface area is 77.3 Å². The lowest BCUT2D eigenvalue weighted by Crippen LogP contribution is -2.55. The molecule has 1 amide bonds. The molecule has 2 rings (SSSR count). The first-order valence-corrected chi connectivity index (χ1v) is 4.88. The fraction of sp³-hybridized carbons (Fsp3) is 0.889. The van der Waals surface area contributed by atoms with Crippen LogP contribution in [0, 0.1) is 0 Å². The number of carbonyl (C=O) groups is 1. The van der Waals surface area contributed by atoms with Crippen molar-refractivity contribution in [3.63, 3.8) is 0 Å². The van der Waals surface area contributed by atoms with Crippen LogP contribution in [0.2, 0.25) is 0 Å². The van der Waals surface area contributed by atoms with E-state index in [1.165, 1.54) is 0 Å². The molecule has 4 nitrogen and oxygen atoms in total. The Balaban J connectivity index is 2.11. The van der Waals surface area contributed by atoms with Crippen molar-refractivity contribution in [1.29, 1.82) is 0 Å². The first-order chi connectivity index (χ1) is 6.23. The van der Waals surface area contributed by atoms with Crippen LogP contribution in [-0.4, -0.2) is 29.4 Å². The van der Waals surface area contributed by atoms with Crippen molar-refractivity contribution in [3.8, 4) is 0 Å². The third-order valence-corrected chi connectivity index (χ3v) is 3.05. The summed E-state index contributed by atoms with van der Waals surface area (Å²) >= 11 is 0. The summed E-state index contributed by atoms with van der Waals surface area (Å²) in [5.41, 5.74) is -0.569. The van der Waals surface area contributed by atoms with Gasteiger partial charge in [0, 0.05) is 13.0 Å². The molecule has 2 atom stereocenters. The number of aliphatic hydroxyl groups excluding tert-OH is 1. The molecular weight excluding hydrogens is 170 g/mol. The minimum atomic E-state index is -0.569. The molecular formula is C9H15NO3. The molecule has 1 saturated heterocycles. The highest BCUT2D eigenvalue weighted by atomic mass is 16.6. The fourth-order valence-electron chi connectivity index (χ4n) is 2.25. The molecule has 4 heteroatoms. The summed E-state index contributed by atoms with van der Waals surface area (Å²) in [5.74, 6) is 0. The number of ether oxygens (including phenoxy) is 1. The van der Waals surface area contributed by atoms with Gasteiger partial charge in [-0.2, -0.15) is 0 Å². The highest BCUT2D eigenvalue weighted by Gasteiger charge is 2.45. The van der Waals surface area contributed by atoms with E-state index in [2.05, 4.69) is 5.32 Å². The number of hydrogen-bond acceptors (Lipinski definition) is 3. The number of amides is 1. The van der Waals surface area contributed by atoms with E-state index < -0.39 is 11.7 Å². The highest BCUT2D eigenvalue weighted by molar-refractivity contribution is 5.68. The number of rotatable bonds is 0. The van der Waals surface area contributed by atoms with Crippen molar-refractivity contribution in [2.24, 2.45) is 0 Å². The number of hydrogen-bond donors (Lipinski definition) is 2. The lowest BCUT2D eigenvalue weighted by Gasteiger charge is -2.43. The summed E-state index contributed by atoms with van der Waals surface area (Å²) in [4.78, 5) is 11.0. The maximum atomic E-state index is 11.0. The number of carbonyl (C=O) groups excluding carboxylic acids is 1. The standard InChI is InChI=1S/C9H15NO3/c11-7-3-1-2-4-9(7)5-6-10-8(12)13-9/h7,11H,1-6H2,(H,10,12). The van der Waals surface area contributed by atoms with Crippen LogP contribution in [0.3, 0.4) is 0 Å².